The Morgan fingerprint density at radius 1 is 1.25 bits per heavy atom. The molecule has 90 valence electrons. The van der Waals surface area contributed by atoms with Gasteiger partial charge in [0.15, 0.2) is 5.54 Å². The van der Waals surface area contributed by atoms with Crippen LogP contribution < -0.4 is 5.32 Å². The Labute approximate surface area is 99.6 Å². The molecule has 1 atom stereocenters. The first-order valence-electron chi connectivity index (χ1n) is 4.50. The SMILES string of the molecule is CC(CO)(Nc1ccc(Br)cc1)C(F)(F)F. The van der Waals surface area contributed by atoms with Crippen molar-refractivity contribution in [3.8, 4) is 0 Å². The van der Waals surface area contributed by atoms with Crippen LogP contribution >= 0.6 is 15.9 Å². The minimum atomic E-state index is -4.52. The molecule has 0 aliphatic carbocycles. The van der Waals surface area contributed by atoms with Crippen LogP contribution in [0.25, 0.3) is 0 Å². The second-order valence-corrected chi connectivity index (χ2v) is 4.54. The Balaban J connectivity index is 2.89. The number of anilines is 1. The average Bonchev–Trinajstić information content (AvgIpc) is 2.19. The molecule has 0 aliphatic rings. The lowest BCUT2D eigenvalue weighted by Gasteiger charge is -2.32. The molecule has 0 spiro atoms. The second-order valence-electron chi connectivity index (χ2n) is 3.62. The summed E-state index contributed by atoms with van der Waals surface area (Å²) in [7, 11) is 0. The van der Waals surface area contributed by atoms with E-state index < -0.39 is 18.3 Å². The molecule has 2 nitrogen and oxygen atoms in total. The quantitative estimate of drug-likeness (QED) is 0.898. The minimum absolute atomic E-state index is 0.303. The van der Waals surface area contributed by atoms with Gasteiger partial charge >= 0.3 is 6.18 Å². The first kappa shape index (κ1) is 13.3. The lowest BCUT2D eigenvalue weighted by Crippen LogP contribution is -2.52. The number of hydrogen-bond donors (Lipinski definition) is 2. The fourth-order valence-corrected chi connectivity index (χ4v) is 1.32. The summed E-state index contributed by atoms with van der Waals surface area (Å²) in [6.07, 6.45) is -4.52. The molecule has 16 heavy (non-hydrogen) atoms. The van der Waals surface area contributed by atoms with Gasteiger partial charge < -0.3 is 10.4 Å². The largest absolute Gasteiger partial charge is 0.413 e. The number of hydrogen-bond acceptors (Lipinski definition) is 2. The Morgan fingerprint density at radius 3 is 2.12 bits per heavy atom. The van der Waals surface area contributed by atoms with Crippen LogP contribution in [0.5, 0.6) is 0 Å². The van der Waals surface area contributed by atoms with Crippen molar-refractivity contribution in [3.63, 3.8) is 0 Å². The fraction of sp³-hybridized carbons (Fsp3) is 0.400. The van der Waals surface area contributed by atoms with Crippen molar-refractivity contribution in [1.82, 2.24) is 0 Å². The van der Waals surface area contributed by atoms with E-state index in [2.05, 4.69) is 21.2 Å². The molecular formula is C10H11BrF3NO. The zero-order chi connectivity index (χ0) is 12.4. The molecule has 1 aromatic carbocycles. The molecule has 0 saturated carbocycles. The van der Waals surface area contributed by atoms with Gasteiger partial charge in [-0.3, -0.25) is 0 Å². The predicted octanol–water partition coefficient (Wildman–Crippen LogP) is 3.17. The topological polar surface area (TPSA) is 32.3 Å². The highest BCUT2D eigenvalue weighted by molar-refractivity contribution is 9.10. The Hall–Kier alpha value is -0.750. The van der Waals surface area contributed by atoms with E-state index in [1.165, 1.54) is 12.1 Å². The summed E-state index contributed by atoms with van der Waals surface area (Å²) in [5.41, 5.74) is -2.03. The van der Waals surface area contributed by atoms with Gasteiger partial charge in [-0.05, 0) is 31.2 Å². The van der Waals surface area contributed by atoms with Crippen LogP contribution in [-0.2, 0) is 0 Å². The monoisotopic (exact) mass is 297 g/mol. The molecule has 1 rings (SSSR count). The third-order valence-electron chi connectivity index (χ3n) is 2.21. The molecule has 0 amide bonds. The molecule has 0 heterocycles. The zero-order valence-corrected chi connectivity index (χ0v) is 10.1. The van der Waals surface area contributed by atoms with Crippen LogP contribution in [0.15, 0.2) is 28.7 Å². The van der Waals surface area contributed by atoms with Crippen LogP contribution in [0.2, 0.25) is 0 Å². The minimum Gasteiger partial charge on any atom is -0.394 e. The molecule has 0 radical (unpaired) electrons. The van der Waals surface area contributed by atoms with Gasteiger partial charge in [0.2, 0.25) is 0 Å². The number of nitrogens with one attached hydrogen (secondary N) is 1. The van der Waals surface area contributed by atoms with E-state index in [0.717, 1.165) is 11.4 Å². The molecular weight excluding hydrogens is 287 g/mol. The lowest BCUT2D eigenvalue weighted by atomic mass is 10.0. The lowest BCUT2D eigenvalue weighted by molar-refractivity contribution is -0.182. The Morgan fingerprint density at radius 2 is 1.75 bits per heavy atom. The molecule has 0 aromatic heterocycles. The first-order valence-corrected chi connectivity index (χ1v) is 5.29. The Kier molecular flexibility index (Phi) is 3.85. The average molecular weight is 298 g/mol. The number of rotatable bonds is 3. The number of alkyl halides is 3. The maximum absolute atomic E-state index is 12.6. The van der Waals surface area contributed by atoms with Gasteiger partial charge in [-0.15, -0.1) is 0 Å². The second kappa shape index (κ2) is 4.63. The third-order valence-corrected chi connectivity index (χ3v) is 2.73. The third kappa shape index (κ3) is 2.89. The van der Waals surface area contributed by atoms with Crippen LogP contribution in [0.3, 0.4) is 0 Å². The highest BCUT2D eigenvalue weighted by atomic mass is 79.9. The summed E-state index contributed by atoms with van der Waals surface area (Å²) in [5, 5.41) is 11.1. The van der Waals surface area contributed by atoms with Crippen molar-refractivity contribution in [1.29, 1.82) is 0 Å². The molecule has 0 aliphatic heterocycles. The highest BCUT2D eigenvalue weighted by Gasteiger charge is 2.50. The number of aliphatic hydroxyl groups excluding tert-OH is 1. The predicted molar refractivity (Wildman–Crippen MR) is 59.3 cm³/mol. The van der Waals surface area contributed by atoms with E-state index in [-0.39, 0.29) is 0 Å². The maximum Gasteiger partial charge on any atom is 0.413 e. The Bertz CT molecular complexity index is 352. The summed E-state index contributed by atoms with van der Waals surface area (Å²) in [6.45, 7) is -0.110. The van der Waals surface area contributed by atoms with Crippen LogP contribution in [0, 0.1) is 0 Å². The van der Waals surface area contributed by atoms with Gasteiger partial charge in [-0.25, -0.2) is 0 Å². The summed E-state index contributed by atoms with van der Waals surface area (Å²) in [4.78, 5) is 0. The van der Waals surface area contributed by atoms with E-state index in [0.29, 0.717) is 5.69 Å². The summed E-state index contributed by atoms with van der Waals surface area (Å²) < 4.78 is 38.7. The molecule has 1 unspecified atom stereocenters. The molecule has 0 fully saturated rings. The van der Waals surface area contributed by atoms with E-state index in [9.17, 15) is 13.2 Å². The van der Waals surface area contributed by atoms with Crippen LogP contribution in [0.4, 0.5) is 18.9 Å². The summed E-state index contributed by atoms with van der Waals surface area (Å²) in [6, 6.07) is 6.25. The van der Waals surface area contributed by atoms with Crippen molar-refractivity contribution in [2.75, 3.05) is 11.9 Å². The van der Waals surface area contributed by atoms with Gasteiger partial charge in [0.1, 0.15) is 0 Å². The van der Waals surface area contributed by atoms with Gasteiger partial charge in [0.05, 0.1) is 6.61 Å². The van der Waals surface area contributed by atoms with E-state index in [1.54, 1.807) is 12.1 Å². The van der Waals surface area contributed by atoms with Crippen molar-refractivity contribution < 1.29 is 18.3 Å². The smallest absolute Gasteiger partial charge is 0.394 e. The number of aliphatic hydroxyl groups is 1. The van der Waals surface area contributed by atoms with E-state index in [4.69, 9.17) is 5.11 Å². The normalized spacial score (nSPS) is 15.6. The van der Waals surface area contributed by atoms with Crippen molar-refractivity contribution in [2.24, 2.45) is 0 Å². The fourth-order valence-electron chi connectivity index (χ4n) is 1.05. The van der Waals surface area contributed by atoms with Gasteiger partial charge in [0.25, 0.3) is 0 Å². The molecule has 2 N–H and O–H groups in total. The van der Waals surface area contributed by atoms with E-state index >= 15 is 0 Å². The number of halogens is 4. The zero-order valence-electron chi connectivity index (χ0n) is 8.48. The summed E-state index contributed by atoms with van der Waals surface area (Å²) in [5.74, 6) is 0. The molecule has 0 bridgehead atoms. The van der Waals surface area contributed by atoms with Crippen molar-refractivity contribution in [3.05, 3.63) is 28.7 Å². The molecule has 1 aromatic rings. The van der Waals surface area contributed by atoms with Gasteiger partial charge in [0, 0.05) is 10.2 Å². The standard InChI is InChI=1S/C10H11BrF3NO/c1-9(6-16,10(12,13)14)15-8-4-2-7(11)3-5-8/h2-5,15-16H,6H2,1H3. The van der Waals surface area contributed by atoms with Gasteiger partial charge in [-0.2, -0.15) is 13.2 Å². The van der Waals surface area contributed by atoms with Crippen LogP contribution in [-0.4, -0.2) is 23.4 Å². The van der Waals surface area contributed by atoms with Gasteiger partial charge in [-0.1, -0.05) is 15.9 Å². The van der Waals surface area contributed by atoms with Crippen molar-refractivity contribution in [2.45, 2.75) is 18.6 Å². The number of benzene rings is 1. The summed E-state index contributed by atoms with van der Waals surface area (Å²) >= 11 is 3.18. The van der Waals surface area contributed by atoms with Crippen molar-refractivity contribution >= 4 is 21.6 Å². The van der Waals surface area contributed by atoms with Crippen LogP contribution in [0.1, 0.15) is 6.92 Å². The highest BCUT2D eigenvalue weighted by Crippen LogP contribution is 2.33. The molecule has 6 heteroatoms. The maximum atomic E-state index is 12.6. The first-order chi connectivity index (χ1) is 7.28. The van der Waals surface area contributed by atoms with E-state index in [1.807, 2.05) is 0 Å². The molecule has 0 saturated heterocycles.